The summed E-state index contributed by atoms with van der Waals surface area (Å²) in [7, 11) is 1.70. The van der Waals surface area contributed by atoms with Crippen LogP contribution in [0, 0.1) is 0 Å². The van der Waals surface area contributed by atoms with Gasteiger partial charge in [-0.2, -0.15) is 0 Å². The van der Waals surface area contributed by atoms with Gasteiger partial charge in [-0.3, -0.25) is 24.1 Å². The summed E-state index contributed by atoms with van der Waals surface area (Å²) >= 11 is 1.37. The van der Waals surface area contributed by atoms with Crippen LogP contribution in [0.5, 0.6) is 5.75 Å². The Morgan fingerprint density at radius 2 is 1.83 bits per heavy atom. The molecular weight excluding hydrogens is 468 g/mol. The lowest BCUT2D eigenvalue weighted by Crippen LogP contribution is -2.35. The number of hydrogen-bond donors (Lipinski definition) is 1. The Hall–Kier alpha value is -4.05. The van der Waals surface area contributed by atoms with E-state index in [1.807, 2.05) is 25.1 Å². The smallest absolute Gasteiger partial charge is 0.264 e. The predicted molar refractivity (Wildman–Crippen MR) is 131 cm³/mol. The predicted octanol–water partition coefficient (Wildman–Crippen LogP) is 3.35. The molecule has 3 heterocycles. The SMILES string of the molecule is CCc1sc(NC(=O)CCN2C(=O)c3ccccc3C2=O)nc1-c1ccc2c(c1)N(C)C(=O)CO2. The van der Waals surface area contributed by atoms with Crippen LogP contribution in [-0.4, -0.2) is 53.7 Å². The number of benzene rings is 2. The molecule has 9 nitrogen and oxygen atoms in total. The first-order chi connectivity index (χ1) is 16.9. The van der Waals surface area contributed by atoms with E-state index in [-0.39, 0.29) is 43.2 Å². The summed E-state index contributed by atoms with van der Waals surface area (Å²) in [6.07, 6.45) is 0.672. The van der Waals surface area contributed by atoms with Gasteiger partial charge in [0.15, 0.2) is 11.7 Å². The Balaban J connectivity index is 1.29. The highest BCUT2D eigenvalue weighted by atomic mass is 32.1. The van der Waals surface area contributed by atoms with Gasteiger partial charge in [0.1, 0.15) is 5.75 Å². The third-order valence-electron chi connectivity index (χ3n) is 6.02. The summed E-state index contributed by atoms with van der Waals surface area (Å²) in [4.78, 5) is 57.9. The van der Waals surface area contributed by atoms with Crippen molar-refractivity contribution in [3.63, 3.8) is 0 Å². The largest absolute Gasteiger partial charge is 0.482 e. The molecule has 1 N–H and O–H groups in total. The zero-order valence-corrected chi connectivity index (χ0v) is 20.0. The summed E-state index contributed by atoms with van der Waals surface area (Å²) in [5, 5.41) is 3.22. The van der Waals surface area contributed by atoms with Gasteiger partial charge in [0.25, 0.3) is 17.7 Å². The maximum atomic E-state index is 12.6. The number of carbonyl (C=O) groups excluding carboxylic acids is 4. The van der Waals surface area contributed by atoms with Crippen molar-refractivity contribution >= 4 is 45.8 Å². The number of hydrogen-bond acceptors (Lipinski definition) is 7. The molecule has 0 aliphatic carbocycles. The van der Waals surface area contributed by atoms with Crippen molar-refractivity contribution in [1.29, 1.82) is 0 Å². The number of nitrogens with zero attached hydrogens (tertiary/aromatic N) is 3. The van der Waals surface area contributed by atoms with Gasteiger partial charge in [-0.05, 0) is 36.8 Å². The van der Waals surface area contributed by atoms with E-state index in [9.17, 15) is 19.2 Å². The lowest BCUT2D eigenvalue weighted by atomic mass is 10.1. The van der Waals surface area contributed by atoms with Crippen LogP contribution in [0.4, 0.5) is 10.8 Å². The standard InChI is InChI=1S/C25H22N4O5S/c1-3-19-22(14-8-9-18-17(12-14)28(2)21(31)13-34-18)27-25(35-19)26-20(30)10-11-29-23(32)15-6-4-5-7-16(15)24(29)33/h4-9,12H,3,10-11,13H2,1-2H3,(H,26,27,30). The summed E-state index contributed by atoms with van der Waals surface area (Å²) < 4.78 is 5.50. The van der Waals surface area contributed by atoms with Crippen molar-refractivity contribution in [2.75, 3.05) is 30.4 Å². The summed E-state index contributed by atoms with van der Waals surface area (Å²) in [6, 6.07) is 12.2. The van der Waals surface area contributed by atoms with E-state index < -0.39 is 0 Å². The number of imide groups is 1. The van der Waals surface area contributed by atoms with E-state index in [0.29, 0.717) is 34.1 Å². The fourth-order valence-corrected chi connectivity index (χ4v) is 5.07. The van der Waals surface area contributed by atoms with Crippen molar-refractivity contribution < 1.29 is 23.9 Å². The summed E-state index contributed by atoms with van der Waals surface area (Å²) in [6.45, 7) is 2.00. The number of likely N-dealkylation sites (N-methyl/N-ethyl adjacent to an activating group) is 1. The number of thiazole rings is 1. The normalized spacial score (nSPS) is 14.6. The molecule has 0 atom stereocenters. The first kappa shape index (κ1) is 22.7. The molecule has 0 radical (unpaired) electrons. The van der Waals surface area contributed by atoms with Crippen LogP contribution in [0.2, 0.25) is 0 Å². The van der Waals surface area contributed by atoms with E-state index in [2.05, 4.69) is 10.3 Å². The molecule has 2 aromatic carbocycles. The lowest BCUT2D eigenvalue weighted by molar-refractivity contribution is -0.121. The number of nitrogens with one attached hydrogen (secondary N) is 1. The quantitative estimate of drug-likeness (QED) is 0.531. The third-order valence-corrected chi connectivity index (χ3v) is 7.14. The minimum Gasteiger partial charge on any atom is -0.482 e. The fraction of sp³-hybridized carbons (Fsp3) is 0.240. The maximum Gasteiger partial charge on any atom is 0.264 e. The number of ether oxygens (including phenoxy) is 1. The van der Waals surface area contributed by atoms with E-state index in [1.165, 1.54) is 11.3 Å². The Morgan fingerprint density at radius 1 is 1.11 bits per heavy atom. The van der Waals surface area contributed by atoms with Crippen LogP contribution >= 0.6 is 11.3 Å². The first-order valence-electron chi connectivity index (χ1n) is 11.2. The van der Waals surface area contributed by atoms with Gasteiger partial charge in [0, 0.05) is 30.5 Å². The number of fused-ring (bicyclic) bond motifs is 2. The molecule has 3 aromatic rings. The Kier molecular flexibility index (Phi) is 5.81. The molecular formula is C25H22N4O5S. The van der Waals surface area contributed by atoms with Gasteiger partial charge in [0.05, 0.1) is 22.5 Å². The van der Waals surface area contributed by atoms with Crippen molar-refractivity contribution in [3.8, 4) is 17.0 Å². The second kappa shape index (κ2) is 8.95. The fourth-order valence-electron chi connectivity index (χ4n) is 4.13. The van der Waals surface area contributed by atoms with Gasteiger partial charge in [-0.25, -0.2) is 4.98 Å². The molecule has 1 aromatic heterocycles. The highest BCUT2D eigenvalue weighted by Gasteiger charge is 2.35. The molecule has 5 rings (SSSR count). The number of amides is 4. The van der Waals surface area contributed by atoms with Gasteiger partial charge in [-0.1, -0.05) is 19.1 Å². The monoisotopic (exact) mass is 490 g/mol. The zero-order chi connectivity index (χ0) is 24.7. The second-order valence-corrected chi connectivity index (χ2v) is 9.26. The van der Waals surface area contributed by atoms with E-state index in [4.69, 9.17) is 4.74 Å². The van der Waals surface area contributed by atoms with Crippen molar-refractivity contribution in [2.24, 2.45) is 0 Å². The van der Waals surface area contributed by atoms with Gasteiger partial charge in [-0.15, -0.1) is 11.3 Å². The van der Waals surface area contributed by atoms with Gasteiger partial charge >= 0.3 is 0 Å². The number of aryl methyl sites for hydroxylation is 1. The second-order valence-electron chi connectivity index (χ2n) is 8.17. The highest BCUT2D eigenvalue weighted by molar-refractivity contribution is 7.16. The average molecular weight is 491 g/mol. The van der Waals surface area contributed by atoms with Crippen molar-refractivity contribution in [3.05, 3.63) is 58.5 Å². The molecule has 178 valence electrons. The Morgan fingerprint density at radius 3 is 2.51 bits per heavy atom. The van der Waals surface area contributed by atoms with Crippen LogP contribution in [0.1, 0.15) is 38.9 Å². The summed E-state index contributed by atoms with van der Waals surface area (Å²) in [5.41, 5.74) is 2.92. The number of rotatable bonds is 6. The third kappa shape index (κ3) is 4.06. The summed E-state index contributed by atoms with van der Waals surface area (Å²) in [5.74, 6) is -0.611. The number of carbonyl (C=O) groups is 4. The average Bonchev–Trinajstić information content (AvgIpc) is 3.38. The molecule has 0 spiro atoms. The lowest BCUT2D eigenvalue weighted by Gasteiger charge is -2.26. The van der Waals surface area contributed by atoms with Crippen LogP contribution < -0.4 is 15.0 Å². The minimum atomic E-state index is -0.386. The Bertz CT molecular complexity index is 1350. The zero-order valence-electron chi connectivity index (χ0n) is 19.2. The van der Waals surface area contributed by atoms with E-state index in [1.54, 1.807) is 36.2 Å². The molecule has 0 bridgehead atoms. The van der Waals surface area contributed by atoms with E-state index >= 15 is 0 Å². The highest BCUT2D eigenvalue weighted by Crippen LogP contribution is 2.38. The molecule has 0 fully saturated rings. The first-order valence-corrected chi connectivity index (χ1v) is 12.0. The molecule has 0 saturated heterocycles. The topological polar surface area (TPSA) is 109 Å². The molecule has 4 amide bonds. The number of anilines is 2. The van der Waals surface area contributed by atoms with Crippen LogP contribution in [0.3, 0.4) is 0 Å². The molecule has 0 saturated carbocycles. The van der Waals surface area contributed by atoms with Crippen LogP contribution in [0.15, 0.2) is 42.5 Å². The minimum absolute atomic E-state index is 0.0106. The number of aromatic nitrogens is 1. The molecule has 35 heavy (non-hydrogen) atoms. The van der Waals surface area contributed by atoms with Gasteiger partial charge in [0.2, 0.25) is 5.91 Å². The van der Waals surface area contributed by atoms with Crippen LogP contribution in [0.25, 0.3) is 11.3 Å². The molecule has 2 aliphatic heterocycles. The van der Waals surface area contributed by atoms with E-state index in [0.717, 1.165) is 21.0 Å². The Labute approximate surface area is 205 Å². The molecule has 2 aliphatic rings. The van der Waals surface area contributed by atoms with Gasteiger partial charge < -0.3 is 15.0 Å². The molecule has 0 unspecified atom stereocenters. The molecule has 10 heteroatoms. The van der Waals surface area contributed by atoms with Crippen molar-refractivity contribution in [1.82, 2.24) is 9.88 Å². The van der Waals surface area contributed by atoms with Crippen LogP contribution in [-0.2, 0) is 16.0 Å². The maximum absolute atomic E-state index is 12.6. The van der Waals surface area contributed by atoms with Crippen molar-refractivity contribution in [2.45, 2.75) is 19.8 Å².